The van der Waals surface area contributed by atoms with Crippen molar-refractivity contribution in [2.24, 2.45) is 0 Å². The quantitative estimate of drug-likeness (QED) is 0.871. The van der Waals surface area contributed by atoms with Gasteiger partial charge in [0.1, 0.15) is 18.2 Å². The highest BCUT2D eigenvalue weighted by molar-refractivity contribution is 5.46. The lowest BCUT2D eigenvalue weighted by Gasteiger charge is -2.09. The van der Waals surface area contributed by atoms with E-state index in [-0.39, 0.29) is 12.4 Å². The van der Waals surface area contributed by atoms with E-state index in [0.717, 1.165) is 5.56 Å². The molecule has 0 fully saturated rings. The van der Waals surface area contributed by atoms with Crippen LogP contribution in [0, 0.1) is 24.6 Å². The highest BCUT2D eigenvalue weighted by Gasteiger charge is 2.04. The van der Waals surface area contributed by atoms with Crippen molar-refractivity contribution in [3.8, 4) is 17.6 Å². The van der Waals surface area contributed by atoms with E-state index in [1.165, 1.54) is 17.7 Å². The van der Waals surface area contributed by atoms with Gasteiger partial charge in [0.05, 0.1) is 12.2 Å². The molecule has 0 aliphatic rings. The molecule has 108 valence electrons. The second kappa shape index (κ2) is 7.47. The van der Waals surface area contributed by atoms with Crippen LogP contribution in [0.4, 0.5) is 4.39 Å². The van der Waals surface area contributed by atoms with Crippen LogP contribution in [0.1, 0.15) is 23.1 Å². The lowest BCUT2D eigenvalue weighted by molar-refractivity contribution is 0.304. The van der Waals surface area contributed by atoms with E-state index in [4.69, 9.17) is 9.84 Å². The van der Waals surface area contributed by atoms with E-state index in [0.29, 0.717) is 24.3 Å². The van der Waals surface area contributed by atoms with E-state index in [9.17, 15) is 4.39 Å². The summed E-state index contributed by atoms with van der Waals surface area (Å²) in [6.07, 6.45) is 0.355. The van der Waals surface area contributed by atoms with Crippen molar-refractivity contribution in [1.82, 2.24) is 0 Å². The molecule has 0 unspecified atom stereocenters. The van der Waals surface area contributed by atoms with Gasteiger partial charge in [0, 0.05) is 6.42 Å². The summed E-state index contributed by atoms with van der Waals surface area (Å²) < 4.78 is 19.0. The van der Waals surface area contributed by atoms with E-state index in [1.54, 1.807) is 6.07 Å². The van der Waals surface area contributed by atoms with Crippen LogP contribution in [0.25, 0.3) is 0 Å². The molecule has 0 aliphatic carbocycles. The van der Waals surface area contributed by atoms with Crippen molar-refractivity contribution in [3.05, 3.63) is 65.0 Å². The summed E-state index contributed by atoms with van der Waals surface area (Å²) in [6, 6.07) is 12.3. The van der Waals surface area contributed by atoms with Crippen molar-refractivity contribution in [1.29, 1.82) is 0 Å². The Hall–Kier alpha value is -2.31. The fraction of sp³-hybridized carbons (Fsp3) is 0.222. The molecule has 0 spiro atoms. The minimum atomic E-state index is -0.356. The van der Waals surface area contributed by atoms with Gasteiger partial charge >= 0.3 is 0 Å². The largest absolute Gasteiger partial charge is 0.488 e. The number of aliphatic hydroxyl groups excluding tert-OH is 1. The minimum absolute atomic E-state index is 0.0120. The number of rotatable bonds is 4. The van der Waals surface area contributed by atoms with Gasteiger partial charge in [0.15, 0.2) is 0 Å². The van der Waals surface area contributed by atoms with Crippen LogP contribution in [-0.2, 0) is 6.61 Å². The third-order valence-corrected chi connectivity index (χ3v) is 2.92. The molecule has 0 amide bonds. The molecule has 2 nitrogen and oxygen atoms in total. The summed E-state index contributed by atoms with van der Waals surface area (Å²) in [6.45, 7) is 2.42. The summed E-state index contributed by atoms with van der Waals surface area (Å²) in [7, 11) is 0. The Bertz CT molecular complexity index is 651. The zero-order chi connectivity index (χ0) is 15.1. The number of aliphatic hydroxyl groups is 1. The highest BCUT2D eigenvalue weighted by atomic mass is 19.1. The number of ether oxygens (including phenoxy) is 1. The first-order valence-corrected chi connectivity index (χ1v) is 6.76. The second-order valence-electron chi connectivity index (χ2n) is 4.69. The highest BCUT2D eigenvalue weighted by Crippen LogP contribution is 2.20. The molecule has 0 saturated carbocycles. The summed E-state index contributed by atoms with van der Waals surface area (Å²) in [4.78, 5) is 0. The van der Waals surface area contributed by atoms with Gasteiger partial charge in [-0.15, -0.1) is 0 Å². The smallest absolute Gasteiger partial charge is 0.135 e. The molecule has 0 saturated heterocycles. The molecular weight excluding hydrogens is 267 g/mol. The molecule has 0 atom stereocenters. The molecule has 3 heteroatoms. The maximum absolute atomic E-state index is 13.3. The Morgan fingerprint density at radius 2 is 1.90 bits per heavy atom. The second-order valence-corrected chi connectivity index (χ2v) is 4.69. The molecule has 0 bridgehead atoms. The summed E-state index contributed by atoms with van der Waals surface area (Å²) >= 11 is 0. The first kappa shape index (κ1) is 15.1. The number of hydrogen-bond acceptors (Lipinski definition) is 2. The van der Waals surface area contributed by atoms with Crippen LogP contribution >= 0.6 is 0 Å². The Balaban J connectivity index is 2.12. The molecule has 2 aromatic rings. The van der Waals surface area contributed by atoms with Gasteiger partial charge in [-0.2, -0.15) is 0 Å². The monoisotopic (exact) mass is 284 g/mol. The summed E-state index contributed by atoms with van der Waals surface area (Å²) in [5.41, 5.74) is 2.73. The van der Waals surface area contributed by atoms with Crippen LogP contribution in [-0.4, -0.2) is 11.7 Å². The summed E-state index contributed by atoms with van der Waals surface area (Å²) in [5, 5.41) is 8.73. The normalized spacial score (nSPS) is 9.86. The van der Waals surface area contributed by atoms with Gasteiger partial charge in [-0.3, -0.25) is 0 Å². The maximum Gasteiger partial charge on any atom is 0.135 e. The van der Waals surface area contributed by atoms with Gasteiger partial charge < -0.3 is 9.84 Å². The third-order valence-electron chi connectivity index (χ3n) is 2.92. The molecule has 1 N–H and O–H groups in total. The van der Waals surface area contributed by atoms with Crippen LogP contribution in [0.5, 0.6) is 5.75 Å². The number of halogens is 1. The van der Waals surface area contributed by atoms with E-state index >= 15 is 0 Å². The van der Waals surface area contributed by atoms with Gasteiger partial charge in [-0.05, 0) is 30.7 Å². The lowest BCUT2D eigenvalue weighted by Crippen LogP contribution is -1.98. The Kier molecular flexibility index (Phi) is 5.36. The lowest BCUT2D eigenvalue weighted by atomic mass is 10.1. The number of benzene rings is 2. The Morgan fingerprint density at radius 1 is 1.14 bits per heavy atom. The van der Waals surface area contributed by atoms with Crippen LogP contribution in [0.15, 0.2) is 42.5 Å². The van der Waals surface area contributed by atoms with Crippen molar-refractivity contribution >= 4 is 0 Å². The third kappa shape index (κ3) is 4.62. The molecule has 2 aromatic carbocycles. The van der Waals surface area contributed by atoms with Gasteiger partial charge in [0.25, 0.3) is 0 Å². The Labute approximate surface area is 124 Å². The van der Waals surface area contributed by atoms with E-state index in [2.05, 4.69) is 11.8 Å². The predicted octanol–water partition coefficient (Wildman–Crippen LogP) is 3.45. The minimum Gasteiger partial charge on any atom is -0.488 e. The molecule has 0 aromatic heterocycles. The molecular formula is C18H17FO2. The SMILES string of the molecule is Cc1ccc(COc2ccc(F)cc2C#CCCO)cc1. The van der Waals surface area contributed by atoms with Gasteiger partial charge in [0.2, 0.25) is 0 Å². The molecule has 2 rings (SSSR count). The fourth-order valence-corrected chi connectivity index (χ4v) is 1.78. The molecule has 21 heavy (non-hydrogen) atoms. The first-order chi connectivity index (χ1) is 10.2. The zero-order valence-electron chi connectivity index (χ0n) is 11.9. The van der Waals surface area contributed by atoms with Crippen molar-refractivity contribution < 1.29 is 14.2 Å². The van der Waals surface area contributed by atoms with Crippen molar-refractivity contribution in [2.75, 3.05) is 6.61 Å². The average Bonchev–Trinajstić information content (AvgIpc) is 2.48. The van der Waals surface area contributed by atoms with E-state index in [1.807, 2.05) is 31.2 Å². The first-order valence-electron chi connectivity index (χ1n) is 6.76. The van der Waals surface area contributed by atoms with Crippen molar-refractivity contribution in [2.45, 2.75) is 20.0 Å². The van der Waals surface area contributed by atoms with Gasteiger partial charge in [-0.25, -0.2) is 4.39 Å². The van der Waals surface area contributed by atoms with Gasteiger partial charge in [-0.1, -0.05) is 41.7 Å². The maximum atomic E-state index is 13.3. The zero-order valence-corrected chi connectivity index (χ0v) is 11.9. The topological polar surface area (TPSA) is 29.5 Å². The van der Waals surface area contributed by atoms with Crippen LogP contribution < -0.4 is 4.74 Å². The number of hydrogen-bond donors (Lipinski definition) is 1. The number of aryl methyl sites for hydroxylation is 1. The van der Waals surface area contributed by atoms with Crippen LogP contribution in [0.2, 0.25) is 0 Å². The fourth-order valence-electron chi connectivity index (χ4n) is 1.78. The average molecular weight is 284 g/mol. The molecule has 0 heterocycles. The van der Waals surface area contributed by atoms with E-state index < -0.39 is 0 Å². The molecule has 0 aliphatic heterocycles. The van der Waals surface area contributed by atoms with Crippen molar-refractivity contribution in [3.63, 3.8) is 0 Å². The summed E-state index contributed by atoms with van der Waals surface area (Å²) in [5.74, 6) is 5.79. The standard InChI is InChI=1S/C18H17FO2/c1-14-5-7-15(8-6-14)13-21-18-10-9-17(19)12-16(18)4-2-3-11-20/h5-10,12,20H,3,11,13H2,1H3. The predicted molar refractivity (Wildman–Crippen MR) is 80.5 cm³/mol. The Morgan fingerprint density at radius 3 is 2.62 bits per heavy atom. The van der Waals surface area contributed by atoms with Crippen LogP contribution in [0.3, 0.4) is 0 Å². The molecule has 0 radical (unpaired) electrons.